The van der Waals surface area contributed by atoms with E-state index in [1.165, 1.54) is 12.3 Å². The average Bonchev–Trinajstić information content (AvgIpc) is 2.40. The molecule has 1 heterocycles. The van der Waals surface area contributed by atoms with Crippen molar-refractivity contribution in [3.63, 3.8) is 0 Å². The van der Waals surface area contributed by atoms with Crippen molar-refractivity contribution in [2.45, 2.75) is 19.1 Å². The van der Waals surface area contributed by atoms with Crippen LogP contribution in [0.1, 0.15) is 28.6 Å². The molecule has 3 nitrogen and oxygen atoms in total. The van der Waals surface area contributed by atoms with Gasteiger partial charge in [-0.1, -0.05) is 6.07 Å². The van der Waals surface area contributed by atoms with Crippen LogP contribution in [0, 0.1) is 12.7 Å². The van der Waals surface area contributed by atoms with Crippen LogP contribution in [0.4, 0.5) is 17.6 Å². The van der Waals surface area contributed by atoms with Crippen LogP contribution in [0.15, 0.2) is 30.6 Å². The van der Waals surface area contributed by atoms with E-state index in [4.69, 9.17) is 0 Å². The summed E-state index contributed by atoms with van der Waals surface area (Å²) in [5.41, 5.74) is 0.284. The number of alkyl halides is 3. The summed E-state index contributed by atoms with van der Waals surface area (Å²) in [5.74, 6) is -1.31. The lowest BCUT2D eigenvalue weighted by Crippen LogP contribution is -2.20. The van der Waals surface area contributed by atoms with E-state index in [9.17, 15) is 17.6 Å². The van der Waals surface area contributed by atoms with E-state index in [2.05, 4.69) is 15.3 Å². The molecule has 0 aliphatic carbocycles. The van der Waals surface area contributed by atoms with Gasteiger partial charge in [-0.3, -0.25) is 9.97 Å². The summed E-state index contributed by atoms with van der Waals surface area (Å²) >= 11 is 0. The van der Waals surface area contributed by atoms with Crippen LogP contribution >= 0.6 is 0 Å². The molecule has 0 bridgehead atoms. The van der Waals surface area contributed by atoms with Crippen molar-refractivity contribution in [2.75, 3.05) is 7.05 Å². The SMILES string of the molecule is CNC(c1ccc(C(F)(F)F)c(F)c1)c1cnc(C)cn1. The highest BCUT2D eigenvalue weighted by Crippen LogP contribution is 2.33. The van der Waals surface area contributed by atoms with Crippen LogP contribution in [0.5, 0.6) is 0 Å². The summed E-state index contributed by atoms with van der Waals surface area (Å²) in [7, 11) is 1.61. The first-order valence-corrected chi connectivity index (χ1v) is 6.15. The molecule has 1 atom stereocenters. The number of benzene rings is 1. The fourth-order valence-corrected chi connectivity index (χ4v) is 1.98. The molecular formula is C14H13F4N3. The normalized spacial score (nSPS) is 13.2. The highest BCUT2D eigenvalue weighted by molar-refractivity contribution is 5.32. The molecule has 1 N–H and O–H groups in total. The molecule has 0 aliphatic heterocycles. The number of nitrogens with one attached hydrogen (secondary N) is 1. The van der Waals surface area contributed by atoms with E-state index in [-0.39, 0.29) is 0 Å². The van der Waals surface area contributed by atoms with E-state index in [1.54, 1.807) is 20.2 Å². The molecule has 0 radical (unpaired) electrons. The molecule has 21 heavy (non-hydrogen) atoms. The Morgan fingerprint density at radius 1 is 1.14 bits per heavy atom. The predicted octanol–water partition coefficient (Wildman–Crippen LogP) is 3.25. The Morgan fingerprint density at radius 2 is 1.86 bits per heavy atom. The lowest BCUT2D eigenvalue weighted by Gasteiger charge is -2.17. The average molecular weight is 299 g/mol. The minimum absolute atomic E-state index is 0.348. The number of hydrogen-bond acceptors (Lipinski definition) is 3. The molecule has 0 spiro atoms. The van der Waals surface area contributed by atoms with Gasteiger partial charge in [-0.2, -0.15) is 13.2 Å². The van der Waals surface area contributed by atoms with Crippen LogP contribution in [-0.2, 0) is 6.18 Å². The van der Waals surface area contributed by atoms with Gasteiger partial charge in [-0.25, -0.2) is 4.39 Å². The van der Waals surface area contributed by atoms with Gasteiger partial charge in [0.05, 0.1) is 29.2 Å². The van der Waals surface area contributed by atoms with Gasteiger partial charge in [0.25, 0.3) is 0 Å². The molecule has 1 aromatic carbocycles. The van der Waals surface area contributed by atoms with Crippen LogP contribution in [0.3, 0.4) is 0 Å². The number of halogens is 4. The zero-order valence-corrected chi connectivity index (χ0v) is 11.4. The lowest BCUT2D eigenvalue weighted by atomic mass is 10.0. The Balaban J connectivity index is 2.40. The van der Waals surface area contributed by atoms with E-state index in [0.717, 1.165) is 12.1 Å². The van der Waals surface area contributed by atoms with Crippen molar-refractivity contribution < 1.29 is 17.6 Å². The third kappa shape index (κ3) is 3.36. The molecule has 0 saturated carbocycles. The molecule has 112 valence electrons. The second kappa shape index (κ2) is 5.77. The first kappa shape index (κ1) is 15.4. The van der Waals surface area contributed by atoms with Gasteiger partial charge in [0.15, 0.2) is 0 Å². The van der Waals surface area contributed by atoms with Crippen molar-refractivity contribution in [1.29, 1.82) is 0 Å². The molecule has 0 aliphatic rings. The molecule has 1 aromatic heterocycles. The van der Waals surface area contributed by atoms with Gasteiger partial charge in [0, 0.05) is 6.20 Å². The van der Waals surface area contributed by atoms with Crippen molar-refractivity contribution in [2.24, 2.45) is 0 Å². The topological polar surface area (TPSA) is 37.8 Å². The number of nitrogens with zero attached hydrogens (tertiary/aromatic N) is 2. The fraction of sp³-hybridized carbons (Fsp3) is 0.286. The van der Waals surface area contributed by atoms with Gasteiger partial charge in [-0.05, 0) is 31.7 Å². The van der Waals surface area contributed by atoms with Gasteiger partial charge in [-0.15, -0.1) is 0 Å². The molecule has 7 heteroatoms. The summed E-state index contributed by atoms with van der Waals surface area (Å²) in [5, 5.41) is 2.89. The number of hydrogen-bond donors (Lipinski definition) is 1. The smallest absolute Gasteiger partial charge is 0.308 e. The van der Waals surface area contributed by atoms with E-state index in [1.807, 2.05) is 0 Å². The predicted molar refractivity (Wildman–Crippen MR) is 69.1 cm³/mol. The Kier molecular flexibility index (Phi) is 4.22. The van der Waals surface area contributed by atoms with E-state index < -0.39 is 23.6 Å². The van der Waals surface area contributed by atoms with Gasteiger partial charge in [0.2, 0.25) is 0 Å². The summed E-state index contributed by atoms with van der Waals surface area (Å²) in [6.45, 7) is 1.77. The monoisotopic (exact) mass is 299 g/mol. The molecule has 2 aromatic rings. The molecule has 2 rings (SSSR count). The molecule has 1 unspecified atom stereocenters. The van der Waals surface area contributed by atoms with Crippen LogP contribution < -0.4 is 5.32 Å². The zero-order valence-electron chi connectivity index (χ0n) is 11.4. The summed E-state index contributed by atoms with van der Waals surface area (Å²) < 4.78 is 51.3. The Bertz CT molecular complexity index is 623. The Morgan fingerprint density at radius 3 is 2.33 bits per heavy atom. The Hall–Kier alpha value is -2.02. The minimum atomic E-state index is -4.71. The maximum atomic E-state index is 13.6. The molecular weight excluding hydrogens is 286 g/mol. The minimum Gasteiger partial charge on any atom is -0.308 e. The largest absolute Gasteiger partial charge is 0.419 e. The first-order chi connectivity index (χ1) is 9.82. The van der Waals surface area contributed by atoms with E-state index >= 15 is 0 Å². The van der Waals surface area contributed by atoms with Crippen molar-refractivity contribution >= 4 is 0 Å². The molecule has 0 amide bonds. The van der Waals surface area contributed by atoms with E-state index in [0.29, 0.717) is 17.0 Å². The van der Waals surface area contributed by atoms with Crippen molar-refractivity contribution in [3.05, 3.63) is 58.9 Å². The van der Waals surface area contributed by atoms with Crippen LogP contribution in [0.25, 0.3) is 0 Å². The molecule has 0 fully saturated rings. The van der Waals surface area contributed by atoms with Gasteiger partial charge in [0.1, 0.15) is 5.82 Å². The summed E-state index contributed by atoms with van der Waals surface area (Å²) in [4.78, 5) is 8.23. The number of aromatic nitrogens is 2. The van der Waals surface area contributed by atoms with Gasteiger partial charge >= 0.3 is 6.18 Å². The lowest BCUT2D eigenvalue weighted by molar-refractivity contribution is -0.140. The number of rotatable bonds is 3. The molecule has 0 saturated heterocycles. The third-order valence-corrected chi connectivity index (χ3v) is 3.02. The first-order valence-electron chi connectivity index (χ1n) is 6.15. The zero-order chi connectivity index (χ0) is 15.6. The highest BCUT2D eigenvalue weighted by Gasteiger charge is 2.34. The standard InChI is InChI=1S/C14H13F4N3/c1-8-6-21-12(7-20-8)13(19-2)9-3-4-10(11(15)5-9)14(16,17)18/h3-7,13,19H,1-2H3. The van der Waals surface area contributed by atoms with Crippen LogP contribution in [-0.4, -0.2) is 17.0 Å². The van der Waals surface area contributed by atoms with Crippen LogP contribution in [0.2, 0.25) is 0 Å². The summed E-state index contributed by atoms with van der Waals surface area (Å²) in [6, 6.07) is 2.30. The van der Waals surface area contributed by atoms with Crippen molar-refractivity contribution in [1.82, 2.24) is 15.3 Å². The fourth-order valence-electron chi connectivity index (χ4n) is 1.98. The number of aryl methyl sites for hydroxylation is 1. The maximum Gasteiger partial charge on any atom is 0.419 e. The second-order valence-electron chi connectivity index (χ2n) is 4.54. The summed E-state index contributed by atoms with van der Waals surface area (Å²) in [6.07, 6.45) is -1.66. The second-order valence-corrected chi connectivity index (χ2v) is 4.54. The third-order valence-electron chi connectivity index (χ3n) is 3.02. The maximum absolute atomic E-state index is 13.6. The Labute approximate surface area is 119 Å². The van der Waals surface area contributed by atoms with Gasteiger partial charge < -0.3 is 5.32 Å². The van der Waals surface area contributed by atoms with Crippen molar-refractivity contribution in [3.8, 4) is 0 Å². The quantitative estimate of drug-likeness (QED) is 0.884. The highest BCUT2D eigenvalue weighted by atomic mass is 19.4.